The van der Waals surface area contributed by atoms with Crippen molar-refractivity contribution in [3.05, 3.63) is 38.9 Å². The monoisotopic (exact) mass is 294 g/mol. The van der Waals surface area contributed by atoms with Gasteiger partial charge >= 0.3 is 0 Å². The lowest BCUT2D eigenvalue weighted by Crippen LogP contribution is -2.24. The number of benzene rings is 1. The number of rotatable bonds is 6. The lowest BCUT2D eigenvalue weighted by atomic mass is 10.2. The van der Waals surface area contributed by atoms with Crippen molar-refractivity contribution in [2.45, 2.75) is 6.10 Å². The molecule has 0 aliphatic rings. The molecule has 1 unspecified atom stereocenters. The number of anilines is 1. The van der Waals surface area contributed by atoms with Crippen LogP contribution in [0.4, 0.5) is 11.4 Å². The molecule has 0 spiro atoms. The van der Waals surface area contributed by atoms with E-state index in [9.17, 15) is 20.0 Å². The quantitative estimate of drug-likeness (QED) is 0.514. The van der Waals surface area contributed by atoms with E-state index in [0.717, 1.165) is 6.07 Å². The van der Waals surface area contributed by atoms with Crippen molar-refractivity contribution >= 4 is 22.3 Å². The predicted molar refractivity (Wildman–Crippen MR) is 75.4 cm³/mol. The fourth-order valence-corrected chi connectivity index (χ4v) is 1.88. The number of hydrogen-bond donors (Lipinski definition) is 3. The number of nitro benzene ring substituents is 1. The number of nitrogens with zero attached hydrogens (tertiary/aromatic N) is 2. The van der Waals surface area contributed by atoms with Gasteiger partial charge in [0.1, 0.15) is 5.69 Å². The number of aliphatic hydroxyl groups excluding tert-OH is 1. The van der Waals surface area contributed by atoms with E-state index in [-0.39, 0.29) is 29.9 Å². The average Bonchev–Trinajstić information content (AvgIpc) is 2.45. The fraction of sp³-hybridized carbons (Fsp3) is 0.333. The van der Waals surface area contributed by atoms with Gasteiger partial charge in [-0.2, -0.15) is 0 Å². The van der Waals surface area contributed by atoms with E-state index >= 15 is 0 Å². The molecule has 0 aliphatic heterocycles. The molecule has 112 valence electrons. The maximum absolute atomic E-state index is 11.6. The minimum atomic E-state index is -0.808. The summed E-state index contributed by atoms with van der Waals surface area (Å²) in [4.78, 5) is 28.4. The first-order chi connectivity index (χ1) is 10.0. The Kier molecular flexibility index (Phi) is 4.45. The number of aliphatic hydroxyl groups is 1. The molecule has 0 saturated heterocycles. The van der Waals surface area contributed by atoms with E-state index < -0.39 is 16.6 Å². The van der Waals surface area contributed by atoms with Gasteiger partial charge < -0.3 is 20.1 Å². The van der Waals surface area contributed by atoms with Crippen LogP contribution >= 0.6 is 0 Å². The van der Waals surface area contributed by atoms with Gasteiger partial charge in [-0.1, -0.05) is 0 Å². The number of H-pyrrole nitrogens is 1. The normalized spacial score (nSPS) is 12.3. The Morgan fingerprint density at radius 1 is 1.57 bits per heavy atom. The third-order valence-corrected chi connectivity index (χ3v) is 2.84. The molecule has 0 fully saturated rings. The van der Waals surface area contributed by atoms with Gasteiger partial charge in [0.25, 0.3) is 11.2 Å². The standard InChI is InChI=1S/C12H14N4O5/c1-21-5-7(17)4-13-10-3-9-8(2-11(10)16(19)20)12(18)15-6-14-9/h2-3,6-7,13,17H,4-5H2,1H3,(H,14,15,18). The van der Waals surface area contributed by atoms with Crippen LogP contribution in [0.15, 0.2) is 23.3 Å². The molecule has 0 bridgehead atoms. The number of fused-ring (bicyclic) bond motifs is 1. The zero-order valence-corrected chi connectivity index (χ0v) is 11.2. The van der Waals surface area contributed by atoms with Gasteiger partial charge in [0.05, 0.1) is 34.9 Å². The fourth-order valence-electron chi connectivity index (χ4n) is 1.88. The minimum Gasteiger partial charge on any atom is -0.389 e. The Morgan fingerprint density at radius 2 is 2.33 bits per heavy atom. The average molecular weight is 294 g/mol. The van der Waals surface area contributed by atoms with Crippen LogP contribution in [0.2, 0.25) is 0 Å². The largest absolute Gasteiger partial charge is 0.389 e. The molecule has 0 radical (unpaired) electrons. The molecule has 1 atom stereocenters. The van der Waals surface area contributed by atoms with Crippen molar-refractivity contribution in [1.29, 1.82) is 0 Å². The van der Waals surface area contributed by atoms with Crippen molar-refractivity contribution in [3.63, 3.8) is 0 Å². The summed E-state index contributed by atoms with van der Waals surface area (Å²) in [6, 6.07) is 2.56. The summed E-state index contributed by atoms with van der Waals surface area (Å²) in [5.74, 6) is 0. The molecule has 2 rings (SSSR count). The number of methoxy groups -OCH3 is 1. The van der Waals surface area contributed by atoms with E-state index in [1.165, 1.54) is 19.5 Å². The second-order valence-corrected chi connectivity index (χ2v) is 4.37. The first-order valence-corrected chi connectivity index (χ1v) is 6.09. The molecule has 0 amide bonds. The lowest BCUT2D eigenvalue weighted by Gasteiger charge is -2.12. The first kappa shape index (κ1) is 14.9. The van der Waals surface area contributed by atoms with Crippen LogP contribution in [-0.2, 0) is 4.74 Å². The molecule has 1 heterocycles. The molecule has 2 aromatic rings. The molecule has 0 aliphatic carbocycles. The smallest absolute Gasteiger partial charge is 0.293 e. The minimum absolute atomic E-state index is 0.0728. The highest BCUT2D eigenvalue weighted by Gasteiger charge is 2.17. The number of hydrogen-bond acceptors (Lipinski definition) is 7. The third-order valence-electron chi connectivity index (χ3n) is 2.84. The van der Waals surface area contributed by atoms with Crippen LogP contribution in [0.5, 0.6) is 0 Å². The second kappa shape index (κ2) is 6.29. The maximum atomic E-state index is 11.6. The number of aromatic amines is 1. The number of aromatic nitrogens is 2. The number of nitro groups is 1. The first-order valence-electron chi connectivity index (χ1n) is 6.09. The molecule has 9 heteroatoms. The number of nitrogens with one attached hydrogen (secondary N) is 2. The Labute approximate surface area is 118 Å². The van der Waals surface area contributed by atoms with Crippen molar-refractivity contribution < 1.29 is 14.8 Å². The topological polar surface area (TPSA) is 130 Å². The predicted octanol–water partition coefficient (Wildman–Crippen LogP) is 0.250. The van der Waals surface area contributed by atoms with Crippen molar-refractivity contribution in [2.24, 2.45) is 0 Å². The third kappa shape index (κ3) is 3.33. The molecular weight excluding hydrogens is 280 g/mol. The van der Waals surface area contributed by atoms with E-state index in [0.29, 0.717) is 5.52 Å². The highest BCUT2D eigenvalue weighted by molar-refractivity contribution is 5.86. The van der Waals surface area contributed by atoms with Crippen LogP contribution < -0.4 is 10.9 Å². The van der Waals surface area contributed by atoms with Gasteiger partial charge in [-0.3, -0.25) is 14.9 Å². The van der Waals surface area contributed by atoms with Gasteiger partial charge in [-0.05, 0) is 6.07 Å². The van der Waals surface area contributed by atoms with Gasteiger partial charge in [-0.15, -0.1) is 0 Å². The summed E-state index contributed by atoms with van der Waals surface area (Å²) < 4.78 is 4.77. The Bertz CT molecular complexity index is 714. The summed E-state index contributed by atoms with van der Waals surface area (Å²) in [5.41, 5.74) is -0.200. The molecule has 1 aromatic carbocycles. The van der Waals surface area contributed by atoms with Crippen molar-refractivity contribution in [2.75, 3.05) is 25.6 Å². The molecule has 9 nitrogen and oxygen atoms in total. The van der Waals surface area contributed by atoms with Crippen LogP contribution in [0.1, 0.15) is 0 Å². The number of ether oxygens (including phenoxy) is 1. The van der Waals surface area contributed by atoms with Crippen molar-refractivity contribution in [3.8, 4) is 0 Å². The summed E-state index contributed by atoms with van der Waals surface area (Å²) in [5, 5.41) is 23.6. The van der Waals surface area contributed by atoms with Gasteiger partial charge in [0.15, 0.2) is 0 Å². The second-order valence-electron chi connectivity index (χ2n) is 4.37. The van der Waals surface area contributed by atoms with Gasteiger partial charge in [-0.25, -0.2) is 4.98 Å². The summed E-state index contributed by atoms with van der Waals surface area (Å²) in [6.07, 6.45) is 0.414. The molecule has 3 N–H and O–H groups in total. The summed E-state index contributed by atoms with van der Waals surface area (Å²) in [6.45, 7) is 0.176. The molecule has 1 aromatic heterocycles. The summed E-state index contributed by atoms with van der Waals surface area (Å²) >= 11 is 0. The van der Waals surface area contributed by atoms with Gasteiger partial charge in [0, 0.05) is 19.7 Å². The molecule has 0 saturated carbocycles. The van der Waals surface area contributed by atoms with Crippen LogP contribution in [-0.4, -0.2) is 46.4 Å². The zero-order valence-electron chi connectivity index (χ0n) is 11.2. The Morgan fingerprint density at radius 3 is 3.00 bits per heavy atom. The SMILES string of the molecule is COCC(O)CNc1cc2nc[nH]c(=O)c2cc1[N+](=O)[O-]. The van der Waals surface area contributed by atoms with E-state index in [4.69, 9.17) is 4.74 Å². The zero-order chi connectivity index (χ0) is 15.4. The van der Waals surface area contributed by atoms with E-state index in [1.54, 1.807) is 0 Å². The van der Waals surface area contributed by atoms with Crippen molar-refractivity contribution in [1.82, 2.24) is 9.97 Å². The highest BCUT2D eigenvalue weighted by atomic mass is 16.6. The maximum Gasteiger partial charge on any atom is 0.293 e. The van der Waals surface area contributed by atoms with Crippen LogP contribution in [0.3, 0.4) is 0 Å². The lowest BCUT2D eigenvalue weighted by molar-refractivity contribution is -0.383. The molecule has 21 heavy (non-hydrogen) atoms. The van der Waals surface area contributed by atoms with E-state index in [2.05, 4.69) is 15.3 Å². The Hall–Kier alpha value is -2.52. The van der Waals surface area contributed by atoms with Crippen LogP contribution in [0.25, 0.3) is 10.9 Å². The molecular formula is C12H14N4O5. The highest BCUT2D eigenvalue weighted by Crippen LogP contribution is 2.27. The van der Waals surface area contributed by atoms with Gasteiger partial charge in [0.2, 0.25) is 0 Å². The summed E-state index contributed by atoms with van der Waals surface area (Å²) in [7, 11) is 1.44. The van der Waals surface area contributed by atoms with E-state index in [1.807, 2.05) is 0 Å². The Balaban J connectivity index is 2.39. The van der Waals surface area contributed by atoms with Crippen LogP contribution in [0, 0.1) is 10.1 Å².